The molecule has 0 radical (unpaired) electrons. The molecule has 3 amide bonds. The molecule has 2 saturated heterocycles. The van der Waals surface area contributed by atoms with E-state index in [4.69, 9.17) is 4.74 Å². The lowest BCUT2D eigenvalue weighted by Gasteiger charge is -2.48. The lowest BCUT2D eigenvalue weighted by atomic mass is 9.84. The smallest absolute Gasteiger partial charge is 0.416 e. The van der Waals surface area contributed by atoms with Gasteiger partial charge >= 0.3 is 6.18 Å². The van der Waals surface area contributed by atoms with Crippen molar-refractivity contribution in [1.29, 1.82) is 0 Å². The highest BCUT2D eigenvalue weighted by Crippen LogP contribution is 2.38. The van der Waals surface area contributed by atoms with Crippen LogP contribution in [0.25, 0.3) is 0 Å². The standard InChI is InChI=1S/C29H30F3N3O4/c30-29(31,32)20-5-3-4-17(12-20)19-14-34(15-19)23-6-1-2-7-25(23)39-21-8-9-22-18(13-21)16-35(28(22)38)24-10-11-26(36)33-27(24)37/h3-5,8-9,12-13,19,23-25H,1-2,6-7,10-11,14-16H2,(H,33,36,37)/t23-,24?,25-/m0/s1. The molecule has 1 unspecified atom stereocenters. The van der Waals surface area contributed by atoms with Crippen LogP contribution in [-0.2, 0) is 22.3 Å². The molecular weight excluding hydrogens is 511 g/mol. The van der Waals surface area contributed by atoms with Crippen molar-refractivity contribution in [3.63, 3.8) is 0 Å². The Labute approximate surface area is 224 Å². The number of amides is 3. The predicted octanol–water partition coefficient (Wildman–Crippen LogP) is 4.26. The zero-order valence-electron chi connectivity index (χ0n) is 21.4. The Morgan fingerprint density at radius 2 is 1.74 bits per heavy atom. The molecule has 2 aromatic rings. The van der Waals surface area contributed by atoms with Crippen LogP contribution in [0.2, 0.25) is 0 Å². The van der Waals surface area contributed by atoms with Gasteiger partial charge in [-0.25, -0.2) is 0 Å². The molecule has 4 aliphatic rings. The quantitative estimate of drug-likeness (QED) is 0.573. The van der Waals surface area contributed by atoms with Crippen LogP contribution in [0.5, 0.6) is 5.75 Å². The average molecular weight is 542 g/mol. The SMILES string of the molecule is O=C1CCC(N2Cc3cc(O[C@H]4CCCC[C@@H]4N4CC(c5cccc(C(F)(F)F)c5)C4)ccc3C2=O)C(=O)N1. The third kappa shape index (κ3) is 5.02. The third-order valence-corrected chi connectivity index (χ3v) is 8.51. The fourth-order valence-corrected chi connectivity index (χ4v) is 6.39. The Kier molecular flexibility index (Phi) is 6.61. The van der Waals surface area contributed by atoms with Gasteiger partial charge in [0.15, 0.2) is 0 Å². The van der Waals surface area contributed by atoms with E-state index in [9.17, 15) is 27.6 Å². The predicted molar refractivity (Wildman–Crippen MR) is 135 cm³/mol. The van der Waals surface area contributed by atoms with E-state index >= 15 is 0 Å². The van der Waals surface area contributed by atoms with Crippen LogP contribution < -0.4 is 10.1 Å². The van der Waals surface area contributed by atoms with Crippen LogP contribution in [0.15, 0.2) is 42.5 Å². The summed E-state index contributed by atoms with van der Waals surface area (Å²) in [6, 6.07) is 10.5. The number of hydrogen-bond acceptors (Lipinski definition) is 5. The zero-order valence-corrected chi connectivity index (χ0v) is 21.4. The molecule has 1 saturated carbocycles. The molecule has 3 aliphatic heterocycles. The summed E-state index contributed by atoms with van der Waals surface area (Å²) in [5.74, 6) is -0.242. The van der Waals surface area contributed by atoms with Gasteiger partial charge < -0.3 is 9.64 Å². The van der Waals surface area contributed by atoms with Gasteiger partial charge in [0.2, 0.25) is 11.8 Å². The molecule has 2 aromatic carbocycles. The van der Waals surface area contributed by atoms with Gasteiger partial charge in [0.25, 0.3) is 5.91 Å². The molecule has 3 fully saturated rings. The number of carbonyl (C=O) groups is 3. The second-order valence-electron chi connectivity index (χ2n) is 11.0. The normalized spacial score (nSPS) is 26.3. The van der Waals surface area contributed by atoms with Crippen LogP contribution in [0.4, 0.5) is 13.2 Å². The van der Waals surface area contributed by atoms with Gasteiger partial charge in [-0.05, 0) is 61.1 Å². The summed E-state index contributed by atoms with van der Waals surface area (Å²) >= 11 is 0. The monoisotopic (exact) mass is 541 g/mol. The number of piperidine rings is 1. The summed E-state index contributed by atoms with van der Waals surface area (Å²) in [6.07, 6.45) is 0.0889. The summed E-state index contributed by atoms with van der Waals surface area (Å²) < 4.78 is 45.9. The largest absolute Gasteiger partial charge is 0.489 e. The zero-order chi connectivity index (χ0) is 27.3. The average Bonchev–Trinajstić information content (AvgIpc) is 3.19. The summed E-state index contributed by atoms with van der Waals surface area (Å²) in [7, 11) is 0. The molecule has 10 heteroatoms. The molecule has 0 bridgehead atoms. The maximum absolute atomic E-state index is 13.2. The van der Waals surface area contributed by atoms with Crippen LogP contribution >= 0.6 is 0 Å². The van der Waals surface area contributed by atoms with Gasteiger partial charge in [-0.15, -0.1) is 0 Å². The van der Waals surface area contributed by atoms with Gasteiger partial charge in [-0.1, -0.05) is 24.6 Å². The molecular formula is C29H30F3N3O4. The fourth-order valence-electron chi connectivity index (χ4n) is 6.39. The molecule has 0 aromatic heterocycles. The first kappa shape index (κ1) is 25.9. The van der Waals surface area contributed by atoms with Crippen LogP contribution in [0.3, 0.4) is 0 Å². The number of carbonyl (C=O) groups excluding carboxylic acids is 3. The molecule has 206 valence electrons. The maximum atomic E-state index is 13.2. The van der Waals surface area contributed by atoms with E-state index in [1.54, 1.807) is 18.2 Å². The highest BCUT2D eigenvalue weighted by molar-refractivity contribution is 6.05. The Balaban J connectivity index is 1.11. The number of likely N-dealkylation sites (tertiary alicyclic amines) is 1. The van der Waals surface area contributed by atoms with E-state index in [0.717, 1.165) is 42.9 Å². The van der Waals surface area contributed by atoms with E-state index in [2.05, 4.69) is 10.2 Å². The number of alkyl halides is 3. The number of rotatable bonds is 5. The number of imide groups is 1. The Hall–Kier alpha value is -3.40. The van der Waals surface area contributed by atoms with Gasteiger partial charge in [-0.3, -0.25) is 24.6 Å². The second kappa shape index (κ2) is 9.97. The van der Waals surface area contributed by atoms with Crippen molar-refractivity contribution in [2.75, 3.05) is 13.1 Å². The van der Waals surface area contributed by atoms with E-state index in [-0.39, 0.29) is 42.8 Å². The minimum Gasteiger partial charge on any atom is -0.489 e. The molecule has 6 rings (SSSR count). The summed E-state index contributed by atoms with van der Waals surface area (Å²) in [5.41, 5.74) is 1.45. The molecule has 39 heavy (non-hydrogen) atoms. The van der Waals surface area contributed by atoms with Crippen molar-refractivity contribution in [2.45, 2.75) is 75.4 Å². The van der Waals surface area contributed by atoms with Crippen LogP contribution in [0.1, 0.15) is 71.5 Å². The number of hydrogen-bond donors (Lipinski definition) is 1. The Bertz CT molecular complexity index is 1310. The van der Waals surface area contributed by atoms with Crippen molar-refractivity contribution in [2.24, 2.45) is 0 Å². The van der Waals surface area contributed by atoms with Crippen molar-refractivity contribution in [3.05, 3.63) is 64.7 Å². The Morgan fingerprint density at radius 1 is 0.949 bits per heavy atom. The third-order valence-electron chi connectivity index (χ3n) is 8.51. The molecule has 3 atom stereocenters. The summed E-state index contributed by atoms with van der Waals surface area (Å²) in [4.78, 5) is 40.7. The first-order valence-corrected chi connectivity index (χ1v) is 13.5. The number of fused-ring (bicyclic) bond motifs is 1. The highest BCUT2D eigenvalue weighted by Gasteiger charge is 2.41. The molecule has 0 spiro atoms. The van der Waals surface area contributed by atoms with Crippen molar-refractivity contribution >= 4 is 17.7 Å². The van der Waals surface area contributed by atoms with Crippen molar-refractivity contribution < 1.29 is 32.3 Å². The first-order valence-electron chi connectivity index (χ1n) is 13.5. The highest BCUT2D eigenvalue weighted by atomic mass is 19.4. The molecule has 1 aliphatic carbocycles. The number of ether oxygens (including phenoxy) is 1. The lowest BCUT2D eigenvalue weighted by Crippen LogP contribution is -2.57. The maximum Gasteiger partial charge on any atom is 0.416 e. The minimum atomic E-state index is -4.35. The summed E-state index contributed by atoms with van der Waals surface area (Å²) in [6.45, 7) is 1.69. The van der Waals surface area contributed by atoms with Crippen molar-refractivity contribution in [1.82, 2.24) is 15.1 Å². The molecule has 7 nitrogen and oxygen atoms in total. The van der Waals surface area contributed by atoms with E-state index in [1.165, 1.54) is 17.0 Å². The van der Waals surface area contributed by atoms with Crippen LogP contribution in [0, 0.1) is 0 Å². The topological polar surface area (TPSA) is 79.0 Å². The van der Waals surface area contributed by atoms with Gasteiger partial charge in [0, 0.05) is 43.6 Å². The first-order chi connectivity index (χ1) is 18.7. The number of halogens is 3. The van der Waals surface area contributed by atoms with Gasteiger partial charge in [-0.2, -0.15) is 13.2 Å². The number of nitrogens with zero attached hydrogens (tertiary/aromatic N) is 2. The van der Waals surface area contributed by atoms with E-state index in [1.807, 2.05) is 6.07 Å². The summed E-state index contributed by atoms with van der Waals surface area (Å²) in [5, 5.41) is 2.32. The second-order valence-corrected chi connectivity index (χ2v) is 11.0. The minimum absolute atomic E-state index is 0.0531. The molecule has 3 heterocycles. The van der Waals surface area contributed by atoms with Crippen molar-refractivity contribution in [3.8, 4) is 5.75 Å². The number of benzene rings is 2. The van der Waals surface area contributed by atoms with E-state index in [0.29, 0.717) is 30.8 Å². The fraction of sp³-hybridized carbons (Fsp3) is 0.483. The Morgan fingerprint density at radius 3 is 2.51 bits per heavy atom. The van der Waals surface area contributed by atoms with Crippen LogP contribution in [-0.4, -0.2) is 58.8 Å². The van der Waals surface area contributed by atoms with E-state index < -0.39 is 23.7 Å². The molecule has 1 N–H and O–H groups in total. The number of nitrogens with one attached hydrogen (secondary N) is 1. The lowest BCUT2D eigenvalue weighted by molar-refractivity contribution is -0.138. The van der Waals surface area contributed by atoms with Gasteiger partial charge in [0.05, 0.1) is 5.56 Å². The van der Waals surface area contributed by atoms with Gasteiger partial charge in [0.1, 0.15) is 17.9 Å².